The second-order valence-electron chi connectivity index (χ2n) is 5.23. The molecule has 1 aromatic heterocycles. The molecule has 4 heteroatoms. The Morgan fingerprint density at radius 3 is 2.62 bits per heavy atom. The summed E-state index contributed by atoms with van der Waals surface area (Å²) in [7, 11) is 3.92. The molecule has 0 atom stereocenters. The van der Waals surface area contributed by atoms with Gasteiger partial charge in [0.2, 0.25) is 0 Å². The van der Waals surface area contributed by atoms with Gasteiger partial charge < -0.3 is 4.90 Å². The molecule has 0 N–H and O–H groups in total. The number of rotatable bonds is 2. The van der Waals surface area contributed by atoms with Crippen molar-refractivity contribution in [2.75, 3.05) is 19.0 Å². The fraction of sp³-hybridized carbons (Fsp3) is 0.176. The van der Waals surface area contributed by atoms with Gasteiger partial charge in [0.25, 0.3) is 5.91 Å². The van der Waals surface area contributed by atoms with E-state index < -0.39 is 0 Å². The Morgan fingerprint density at radius 1 is 1.10 bits per heavy atom. The highest BCUT2D eigenvalue weighted by molar-refractivity contribution is 6.02. The molecule has 0 bridgehead atoms. The smallest absolute Gasteiger partial charge is 0.263 e. The Hall–Kier alpha value is -2.62. The first-order chi connectivity index (χ1) is 10.1. The van der Waals surface area contributed by atoms with Gasteiger partial charge in [0.05, 0.1) is 11.0 Å². The monoisotopic (exact) mass is 279 g/mol. The summed E-state index contributed by atoms with van der Waals surface area (Å²) in [5, 5.41) is 0. The first-order valence-electron chi connectivity index (χ1n) is 6.84. The molecule has 106 valence electrons. The number of carbonyl (C=O) groups is 1. The van der Waals surface area contributed by atoms with Crippen molar-refractivity contribution in [3.63, 3.8) is 0 Å². The van der Waals surface area contributed by atoms with E-state index in [4.69, 9.17) is 0 Å². The summed E-state index contributed by atoms with van der Waals surface area (Å²) < 4.78 is 1.67. The zero-order valence-electron chi connectivity index (χ0n) is 12.4. The van der Waals surface area contributed by atoms with Gasteiger partial charge in [-0.15, -0.1) is 0 Å². The van der Waals surface area contributed by atoms with Crippen LogP contribution in [0.5, 0.6) is 0 Å². The van der Waals surface area contributed by atoms with Gasteiger partial charge in [-0.25, -0.2) is 4.98 Å². The first kappa shape index (κ1) is 13.4. The van der Waals surface area contributed by atoms with Crippen molar-refractivity contribution in [3.05, 3.63) is 59.9 Å². The van der Waals surface area contributed by atoms with Crippen molar-refractivity contribution in [2.45, 2.75) is 6.92 Å². The molecule has 0 aliphatic carbocycles. The lowest BCUT2D eigenvalue weighted by Gasteiger charge is -2.13. The average Bonchev–Trinajstić information content (AvgIpc) is 2.82. The van der Waals surface area contributed by atoms with Gasteiger partial charge >= 0.3 is 0 Å². The summed E-state index contributed by atoms with van der Waals surface area (Å²) in [5.41, 5.74) is 3.35. The van der Waals surface area contributed by atoms with Crippen LogP contribution in [0.1, 0.15) is 16.2 Å². The zero-order chi connectivity index (χ0) is 15.0. The lowest BCUT2D eigenvalue weighted by molar-refractivity contribution is 0.0962. The van der Waals surface area contributed by atoms with Crippen LogP contribution in [0.25, 0.3) is 11.0 Å². The lowest BCUT2D eigenvalue weighted by atomic mass is 10.1. The maximum atomic E-state index is 12.8. The zero-order valence-corrected chi connectivity index (χ0v) is 12.4. The molecule has 3 aromatic rings. The van der Waals surface area contributed by atoms with Crippen molar-refractivity contribution >= 4 is 22.6 Å². The Balaban J connectivity index is 2.13. The number of anilines is 1. The predicted octanol–water partition coefficient (Wildman–Crippen LogP) is 3.10. The van der Waals surface area contributed by atoms with Crippen LogP contribution < -0.4 is 4.90 Å². The van der Waals surface area contributed by atoms with E-state index in [0.717, 1.165) is 16.7 Å². The Bertz CT molecular complexity index is 818. The molecular weight excluding hydrogens is 262 g/mol. The predicted molar refractivity (Wildman–Crippen MR) is 85.0 cm³/mol. The molecule has 0 radical (unpaired) electrons. The quantitative estimate of drug-likeness (QED) is 0.723. The summed E-state index contributed by atoms with van der Waals surface area (Å²) in [4.78, 5) is 19.3. The van der Waals surface area contributed by atoms with Crippen LogP contribution in [0.15, 0.2) is 48.5 Å². The van der Waals surface area contributed by atoms with Gasteiger partial charge in [0.1, 0.15) is 5.82 Å². The third kappa shape index (κ3) is 2.29. The number of benzene rings is 2. The van der Waals surface area contributed by atoms with Crippen molar-refractivity contribution in [3.8, 4) is 0 Å². The topological polar surface area (TPSA) is 38.1 Å². The highest BCUT2D eigenvalue weighted by Gasteiger charge is 2.16. The summed E-state index contributed by atoms with van der Waals surface area (Å²) in [5.74, 6) is 0.654. The number of aromatic nitrogens is 2. The van der Waals surface area contributed by atoms with Gasteiger partial charge in [-0.05, 0) is 37.3 Å². The Kier molecular flexibility index (Phi) is 3.22. The maximum Gasteiger partial charge on any atom is 0.263 e. The van der Waals surface area contributed by atoms with Crippen LogP contribution in [0.4, 0.5) is 5.69 Å². The van der Waals surface area contributed by atoms with Crippen LogP contribution in [0, 0.1) is 6.92 Å². The standard InChI is InChI=1S/C17H17N3O/c1-12-18-15-9-4-5-10-16(15)20(12)17(21)13-7-6-8-14(11-13)19(2)3/h4-11H,1-3H3. The largest absolute Gasteiger partial charge is 0.378 e. The van der Waals surface area contributed by atoms with E-state index in [0.29, 0.717) is 11.4 Å². The van der Waals surface area contributed by atoms with E-state index in [1.807, 2.05) is 74.4 Å². The molecule has 0 fully saturated rings. The number of carbonyl (C=O) groups excluding carboxylic acids is 1. The number of nitrogens with zero attached hydrogens (tertiary/aromatic N) is 3. The lowest BCUT2D eigenvalue weighted by Crippen LogP contribution is -2.15. The minimum atomic E-state index is -0.0510. The number of aryl methyl sites for hydroxylation is 1. The number of para-hydroxylation sites is 2. The number of imidazole rings is 1. The molecule has 0 saturated carbocycles. The number of hydrogen-bond acceptors (Lipinski definition) is 3. The molecule has 0 aliphatic heterocycles. The van der Waals surface area contributed by atoms with E-state index in [2.05, 4.69) is 4.98 Å². The van der Waals surface area contributed by atoms with Crippen LogP contribution >= 0.6 is 0 Å². The molecule has 21 heavy (non-hydrogen) atoms. The van der Waals surface area contributed by atoms with Gasteiger partial charge in [-0.2, -0.15) is 0 Å². The SMILES string of the molecule is Cc1nc2ccccc2n1C(=O)c1cccc(N(C)C)c1. The highest BCUT2D eigenvalue weighted by atomic mass is 16.2. The Morgan fingerprint density at radius 2 is 1.86 bits per heavy atom. The molecule has 1 heterocycles. The minimum absolute atomic E-state index is 0.0510. The first-order valence-corrected chi connectivity index (χ1v) is 6.84. The van der Waals surface area contributed by atoms with E-state index in [1.165, 1.54) is 0 Å². The van der Waals surface area contributed by atoms with E-state index in [1.54, 1.807) is 4.57 Å². The second kappa shape index (κ2) is 5.05. The van der Waals surface area contributed by atoms with Crippen molar-refractivity contribution < 1.29 is 4.79 Å². The third-order valence-electron chi connectivity index (χ3n) is 3.54. The van der Waals surface area contributed by atoms with Crippen LogP contribution in [0.2, 0.25) is 0 Å². The van der Waals surface area contributed by atoms with Gasteiger partial charge in [0, 0.05) is 25.3 Å². The fourth-order valence-corrected chi connectivity index (χ4v) is 2.45. The van der Waals surface area contributed by atoms with E-state index >= 15 is 0 Å². The molecule has 3 rings (SSSR count). The average molecular weight is 279 g/mol. The molecule has 0 aliphatic rings. The van der Waals surface area contributed by atoms with Crippen LogP contribution in [-0.2, 0) is 0 Å². The van der Waals surface area contributed by atoms with Crippen molar-refractivity contribution in [1.29, 1.82) is 0 Å². The fourth-order valence-electron chi connectivity index (χ4n) is 2.45. The van der Waals surface area contributed by atoms with E-state index in [9.17, 15) is 4.79 Å². The molecule has 2 aromatic carbocycles. The molecule has 0 amide bonds. The second-order valence-corrected chi connectivity index (χ2v) is 5.23. The Labute approximate surface area is 123 Å². The molecular formula is C17H17N3O. The maximum absolute atomic E-state index is 12.8. The number of hydrogen-bond donors (Lipinski definition) is 0. The van der Waals surface area contributed by atoms with Crippen molar-refractivity contribution in [1.82, 2.24) is 9.55 Å². The normalized spacial score (nSPS) is 10.8. The van der Waals surface area contributed by atoms with Crippen molar-refractivity contribution in [2.24, 2.45) is 0 Å². The van der Waals surface area contributed by atoms with Gasteiger partial charge in [-0.3, -0.25) is 9.36 Å². The highest BCUT2D eigenvalue weighted by Crippen LogP contribution is 2.19. The van der Waals surface area contributed by atoms with Crippen LogP contribution in [-0.4, -0.2) is 29.6 Å². The molecule has 4 nitrogen and oxygen atoms in total. The summed E-state index contributed by atoms with van der Waals surface area (Å²) in [6, 6.07) is 15.3. The van der Waals surface area contributed by atoms with Crippen LogP contribution in [0.3, 0.4) is 0 Å². The number of fused-ring (bicyclic) bond motifs is 1. The third-order valence-corrected chi connectivity index (χ3v) is 3.54. The molecule has 0 saturated heterocycles. The van der Waals surface area contributed by atoms with Gasteiger partial charge in [-0.1, -0.05) is 18.2 Å². The molecule has 0 unspecified atom stereocenters. The molecule has 0 spiro atoms. The van der Waals surface area contributed by atoms with Gasteiger partial charge in [0.15, 0.2) is 0 Å². The summed E-state index contributed by atoms with van der Waals surface area (Å²) in [6.07, 6.45) is 0. The van der Waals surface area contributed by atoms with E-state index in [-0.39, 0.29) is 5.91 Å². The summed E-state index contributed by atoms with van der Waals surface area (Å²) >= 11 is 0. The summed E-state index contributed by atoms with van der Waals surface area (Å²) in [6.45, 7) is 1.85. The minimum Gasteiger partial charge on any atom is -0.378 e.